The Morgan fingerprint density at radius 2 is 2.22 bits per heavy atom. The van der Waals surface area contributed by atoms with Crippen molar-refractivity contribution < 1.29 is 27.4 Å². The fourth-order valence-corrected chi connectivity index (χ4v) is 2.68. The maximum atomic E-state index is 13.4. The molecule has 0 saturated carbocycles. The van der Waals surface area contributed by atoms with E-state index in [9.17, 15) is 18.0 Å². The number of carbonyl (C=O) groups excluding carboxylic acids is 1. The van der Waals surface area contributed by atoms with Gasteiger partial charge >= 0.3 is 6.03 Å². The third-order valence-corrected chi connectivity index (χ3v) is 3.92. The zero-order chi connectivity index (χ0) is 19.2. The number of amides is 2. The molecular formula is C18H18F3N3O3. The number of anilines is 1. The summed E-state index contributed by atoms with van der Waals surface area (Å²) in [4.78, 5) is 17.9. The van der Waals surface area contributed by atoms with E-state index >= 15 is 0 Å². The highest BCUT2D eigenvalue weighted by atomic mass is 19.3. The number of benzene rings is 1. The molecule has 27 heavy (non-hydrogen) atoms. The lowest BCUT2D eigenvalue weighted by atomic mass is 10.3. The molecule has 1 atom stereocenters. The number of likely N-dealkylation sites (tertiary alicyclic amines) is 1. The van der Waals surface area contributed by atoms with Gasteiger partial charge in [0.2, 0.25) is 0 Å². The molecule has 1 aliphatic rings. The maximum Gasteiger partial charge on any atom is 0.322 e. The lowest BCUT2D eigenvalue weighted by Crippen LogP contribution is -2.34. The molecule has 2 amide bonds. The van der Waals surface area contributed by atoms with Crippen LogP contribution in [-0.4, -0.2) is 48.1 Å². The van der Waals surface area contributed by atoms with E-state index in [1.54, 1.807) is 24.5 Å². The van der Waals surface area contributed by atoms with Crippen LogP contribution in [0.1, 0.15) is 6.42 Å². The Morgan fingerprint density at radius 1 is 1.37 bits per heavy atom. The number of alkyl halides is 2. The summed E-state index contributed by atoms with van der Waals surface area (Å²) in [5.74, 6) is -0.180. The van der Waals surface area contributed by atoms with Crippen molar-refractivity contribution in [2.24, 2.45) is 0 Å². The van der Waals surface area contributed by atoms with Gasteiger partial charge < -0.3 is 19.7 Å². The van der Waals surface area contributed by atoms with Gasteiger partial charge in [0.25, 0.3) is 6.43 Å². The number of nitrogens with one attached hydrogen (secondary N) is 1. The second-order valence-corrected chi connectivity index (χ2v) is 5.94. The van der Waals surface area contributed by atoms with Gasteiger partial charge in [0.15, 0.2) is 0 Å². The molecule has 2 heterocycles. The molecule has 6 nitrogen and oxygen atoms in total. The van der Waals surface area contributed by atoms with Gasteiger partial charge in [0.1, 0.15) is 30.0 Å². The number of halogens is 3. The molecular weight excluding hydrogens is 363 g/mol. The van der Waals surface area contributed by atoms with Crippen LogP contribution < -0.4 is 14.8 Å². The summed E-state index contributed by atoms with van der Waals surface area (Å²) >= 11 is 0. The van der Waals surface area contributed by atoms with Gasteiger partial charge in [-0.1, -0.05) is 0 Å². The number of nitrogens with zero attached hydrogens (tertiary/aromatic N) is 2. The zero-order valence-electron chi connectivity index (χ0n) is 14.3. The van der Waals surface area contributed by atoms with Gasteiger partial charge in [-0.2, -0.15) is 0 Å². The minimum Gasteiger partial charge on any atom is -0.487 e. The second kappa shape index (κ2) is 8.61. The molecule has 9 heteroatoms. The smallest absolute Gasteiger partial charge is 0.322 e. The van der Waals surface area contributed by atoms with E-state index < -0.39 is 24.9 Å². The van der Waals surface area contributed by atoms with Crippen LogP contribution in [0.25, 0.3) is 0 Å². The summed E-state index contributed by atoms with van der Waals surface area (Å²) in [7, 11) is 0. The first-order chi connectivity index (χ1) is 13.0. The summed E-state index contributed by atoms with van der Waals surface area (Å²) in [6.07, 6.45) is 0.981. The number of carbonyl (C=O) groups is 1. The van der Waals surface area contributed by atoms with Crippen molar-refractivity contribution in [1.29, 1.82) is 0 Å². The highest BCUT2D eigenvalue weighted by molar-refractivity contribution is 5.91. The fourth-order valence-electron chi connectivity index (χ4n) is 2.68. The fraction of sp³-hybridized carbons (Fsp3) is 0.333. The Labute approximate surface area is 153 Å². The van der Waals surface area contributed by atoms with Gasteiger partial charge in [-0.05, 0) is 24.3 Å². The Bertz CT molecular complexity index is 777. The molecule has 1 aromatic carbocycles. The second-order valence-electron chi connectivity index (χ2n) is 5.94. The van der Waals surface area contributed by atoms with Crippen LogP contribution in [0.3, 0.4) is 0 Å². The molecule has 0 aliphatic carbocycles. The van der Waals surface area contributed by atoms with Crippen LogP contribution in [0, 0.1) is 5.82 Å². The average molecular weight is 381 g/mol. The molecule has 3 rings (SSSR count). The first kappa shape index (κ1) is 18.8. The van der Waals surface area contributed by atoms with Crippen molar-refractivity contribution in [3.63, 3.8) is 0 Å². The van der Waals surface area contributed by atoms with E-state index in [-0.39, 0.29) is 17.5 Å². The van der Waals surface area contributed by atoms with Crippen molar-refractivity contribution >= 4 is 11.7 Å². The summed E-state index contributed by atoms with van der Waals surface area (Å²) in [5, 5.41) is 2.57. The van der Waals surface area contributed by atoms with Crippen molar-refractivity contribution in [1.82, 2.24) is 9.88 Å². The largest absolute Gasteiger partial charge is 0.487 e. The predicted molar refractivity (Wildman–Crippen MR) is 91.8 cm³/mol. The molecule has 0 bridgehead atoms. The number of hydrogen-bond acceptors (Lipinski definition) is 4. The lowest BCUT2D eigenvalue weighted by Gasteiger charge is -2.19. The quantitative estimate of drug-likeness (QED) is 0.831. The van der Waals surface area contributed by atoms with Crippen LogP contribution in [0.15, 0.2) is 42.7 Å². The summed E-state index contributed by atoms with van der Waals surface area (Å²) in [6.45, 7) is -0.0720. The van der Waals surface area contributed by atoms with E-state index in [1.165, 1.54) is 11.0 Å². The number of hydrogen-bond donors (Lipinski definition) is 1. The van der Waals surface area contributed by atoms with Gasteiger partial charge in [-0.3, -0.25) is 4.98 Å². The van der Waals surface area contributed by atoms with Crippen LogP contribution in [0.5, 0.6) is 11.5 Å². The third kappa shape index (κ3) is 5.25. The van der Waals surface area contributed by atoms with Crippen molar-refractivity contribution in [2.75, 3.05) is 25.0 Å². The minimum atomic E-state index is -2.71. The first-order valence-corrected chi connectivity index (χ1v) is 8.34. The van der Waals surface area contributed by atoms with Crippen LogP contribution in [0.4, 0.5) is 23.7 Å². The molecule has 1 aliphatic heterocycles. The monoisotopic (exact) mass is 381 g/mol. The number of urea groups is 1. The molecule has 1 fully saturated rings. The molecule has 1 aromatic heterocycles. The number of aromatic nitrogens is 1. The highest BCUT2D eigenvalue weighted by Gasteiger charge is 2.28. The van der Waals surface area contributed by atoms with Crippen LogP contribution in [0.2, 0.25) is 0 Å². The van der Waals surface area contributed by atoms with Gasteiger partial charge in [-0.15, -0.1) is 0 Å². The van der Waals surface area contributed by atoms with E-state index in [0.29, 0.717) is 25.3 Å². The molecule has 1 unspecified atom stereocenters. The average Bonchev–Trinajstić information content (AvgIpc) is 3.11. The van der Waals surface area contributed by atoms with Crippen molar-refractivity contribution in [3.05, 3.63) is 48.5 Å². The summed E-state index contributed by atoms with van der Waals surface area (Å²) in [6, 6.07) is 6.43. The molecule has 1 saturated heterocycles. The minimum absolute atomic E-state index is 0.124. The van der Waals surface area contributed by atoms with E-state index in [2.05, 4.69) is 10.3 Å². The van der Waals surface area contributed by atoms with Crippen LogP contribution >= 0.6 is 0 Å². The molecule has 1 N–H and O–H groups in total. The Morgan fingerprint density at radius 3 is 2.96 bits per heavy atom. The summed E-state index contributed by atoms with van der Waals surface area (Å²) in [5.41, 5.74) is 0.124. The Kier molecular flexibility index (Phi) is 6.00. The normalized spacial score (nSPS) is 16.4. The first-order valence-electron chi connectivity index (χ1n) is 8.34. The molecule has 0 radical (unpaired) electrons. The van der Waals surface area contributed by atoms with E-state index in [4.69, 9.17) is 9.47 Å². The van der Waals surface area contributed by atoms with Gasteiger partial charge in [0, 0.05) is 25.2 Å². The van der Waals surface area contributed by atoms with E-state index in [0.717, 1.165) is 12.1 Å². The van der Waals surface area contributed by atoms with Crippen molar-refractivity contribution in [3.8, 4) is 11.5 Å². The van der Waals surface area contributed by atoms with Crippen LogP contribution in [-0.2, 0) is 0 Å². The standard InChI is InChI=1S/C18H18F3N3O3/c19-12-3-4-15(16(8-12)26-11-17(20)21)23-18(25)24-7-5-14(10-24)27-13-2-1-6-22-9-13/h1-4,6,8-9,14,17H,5,7,10-11H2,(H,23,25). The van der Waals surface area contributed by atoms with Gasteiger partial charge in [-0.25, -0.2) is 18.0 Å². The van der Waals surface area contributed by atoms with E-state index in [1.807, 2.05) is 0 Å². The van der Waals surface area contributed by atoms with Gasteiger partial charge in [0.05, 0.1) is 18.4 Å². The SMILES string of the molecule is O=C(Nc1ccc(F)cc1OCC(F)F)N1CCC(Oc2cccnc2)C1. The number of ether oxygens (including phenoxy) is 2. The lowest BCUT2D eigenvalue weighted by molar-refractivity contribution is 0.0821. The number of pyridine rings is 1. The predicted octanol–water partition coefficient (Wildman–Crippen LogP) is 3.55. The third-order valence-electron chi connectivity index (χ3n) is 3.92. The maximum absolute atomic E-state index is 13.4. The molecule has 2 aromatic rings. The topological polar surface area (TPSA) is 63.7 Å². The molecule has 0 spiro atoms. The summed E-state index contributed by atoms with van der Waals surface area (Å²) < 4.78 is 48.7. The number of rotatable bonds is 6. The van der Waals surface area contributed by atoms with Crippen molar-refractivity contribution in [2.45, 2.75) is 19.0 Å². The highest BCUT2D eigenvalue weighted by Crippen LogP contribution is 2.27. The zero-order valence-corrected chi connectivity index (χ0v) is 14.3. The Hall–Kier alpha value is -2.97. The molecule has 144 valence electrons. The Balaban J connectivity index is 1.59.